The summed E-state index contributed by atoms with van der Waals surface area (Å²) in [6, 6.07) is 11.5. The summed E-state index contributed by atoms with van der Waals surface area (Å²) < 4.78 is 1.01. The Balaban J connectivity index is 1.89. The van der Waals surface area contributed by atoms with Gasteiger partial charge in [-0.15, -0.1) is 5.10 Å². The maximum atomic E-state index is 12.1. The van der Waals surface area contributed by atoms with E-state index in [1.165, 1.54) is 0 Å². The number of H-pyrrole nitrogens is 1. The van der Waals surface area contributed by atoms with Crippen molar-refractivity contribution in [2.45, 2.75) is 6.92 Å². The Hall–Kier alpha value is -2.21. The molecule has 0 atom stereocenters. The lowest BCUT2D eigenvalue weighted by atomic mass is 10.1. The van der Waals surface area contributed by atoms with Gasteiger partial charge in [0.2, 0.25) is 5.95 Å². The molecule has 100 valence electrons. The first-order valence-electron chi connectivity index (χ1n) is 6.01. The van der Waals surface area contributed by atoms with Crippen molar-refractivity contribution in [2.75, 3.05) is 5.32 Å². The molecule has 3 rings (SSSR count). The normalized spacial score (nSPS) is 10.7. The highest BCUT2D eigenvalue weighted by atomic mass is 79.9. The lowest BCUT2D eigenvalue weighted by molar-refractivity contribution is 0.102. The molecule has 20 heavy (non-hydrogen) atoms. The van der Waals surface area contributed by atoms with E-state index < -0.39 is 0 Å². The molecule has 0 aliphatic rings. The van der Waals surface area contributed by atoms with Crippen molar-refractivity contribution in [1.29, 1.82) is 0 Å². The molecule has 0 radical (unpaired) electrons. The predicted octanol–water partition coefficient (Wildman–Crippen LogP) is 3.28. The second-order valence-corrected chi connectivity index (χ2v) is 5.32. The second kappa shape index (κ2) is 5.05. The number of carbonyl (C=O) groups excluding carboxylic acids is 1. The summed E-state index contributed by atoms with van der Waals surface area (Å²) in [5, 5.41) is 11.3. The molecule has 0 spiro atoms. The zero-order valence-electron chi connectivity index (χ0n) is 10.6. The number of aromatic amines is 1. The van der Waals surface area contributed by atoms with Crippen LogP contribution in [0.5, 0.6) is 0 Å². The van der Waals surface area contributed by atoms with Crippen LogP contribution < -0.4 is 5.32 Å². The van der Waals surface area contributed by atoms with Crippen LogP contribution in [0, 0.1) is 6.92 Å². The molecule has 2 N–H and O–H groups in total. The lowest BCUT2D eigenvalue weighted by Crippen LogP contribution is -2.12. The van der Waals surface area contributed by atoms with Gasteiger partial charge in [-0.25, -0.2) is 0 Å². The first kappa shape index (κ1) is 12.8. The summed E-state index contributed by atoms with van der Waals surface area (Å²) in [6.45, 7) is 1.77. The molecular formula is C14H11BrN4O. The second-order valence-electron chi connectivity index (χ2n) is 4.40. The van der Waals surface area contributed by atoms with Gasteiger partial charge in [-0.05, 0) is 42.0 Å². The molecule has 3 aromatic rings. The van der Waals surface area contributed by atoms with Crippen LogP contribution in [-0.2, 0) is 0 Å². The van der Waals surface area contributed by atoms with Gasteiger partial charge in [0.1, 0.15) is 5.82 Å². The number of hydrogen-bond acceptors (Lipinski definition) is 3. The third-order valence-electron chi connectivity index (χ3n) is 2.89. The number of halogens is 1. The standard InChI is InChI=1S/C14H11BrN4O/c1-8-16-14(19-18-8)17-13(20)11-3-2-10-7-12(15)5-4-9(10)6-11/h2-7H,1H3,(H2,16,17,18,19,20). The molecule has 0 saturated heterocycles. The van der Waals surface area contributed by atoms with Crippen molar-refractivity contribution in [2.24, 2.45) is 0 Å². The minimum atomic E-state index is -0.228. The number of fused-ring (bicyclic) bond motifs is 1. The highest BCUT2D eigenvalue weighted by molar-refractivity contribution is 9.10. The first-order valence-corrected chi connectivity index (χ1v) is 6.81. The van der Waals surface area contributed by atoms with Gasteiger partial charge >= 0.3 is 0 Å². The summed E-state index contributed by atoms with van der Waals surface area (Å²) in [4.78, 5) is 16.2. The third-order valence-corrected chi connectivity index (χ3v) is 3.38. The van der Waals surface area contributed by atoms with Gasteiger partial charge in [0.05, 0.1) is 0 Å². The third kappa shape index (κ3) is 2.55. The van der Waals surface area contributed by atoms with E-state index in [2.05, 4.69) is 36.4 Å². The van der Waals surface area contributed by atoms with E-state index in [-0.39, 0.29) is 11.9 Å². The summed E-state index contributed by atoms with van der Waals surface area (Å²) in [6.07, 6.45) is 0. The van der Waals surface area contributed by atoms with Crippen LogP contribution in [0.4, 0.5) is 5.95 Å². The molecule has 0 aliphatic carbocycles. The van der Waals surface area contributed by atoms with Crippen molar-refractivity contribution in [1.82, 2.24) is 15.2 Å². The van der Waals surface area contributed by atoms with E-state index in [9.17, 15) is 4.79 Å². The van der Waals surface area contributed by atoms with E-state index in [1.54, 1.807) is 13.0 Å². The Kier molecular flexibility index (Phi) is 3.23. The molecule has 1 aromatic heterocycles. The SMILES string of the molecule is Cc1nc(NC(=O)c2ccc3cc(Br)ccc3c2)n[nH]1. The molecule has 2 aromatic carbocycles. The van der Waals surface area contributed by atoms with Gasteiger partial charge in [0, 0.05) is 10.0 Å². The van der Waals surface area contributed by atoms with E-state index in [1.807, 2.05) is 30.3 Å². The smallest absolute Gasteiger partial charge is 0.258 e. The summed E-state index contributed by atoms with van der Waals surface area (Å²) in [5.74, 6) is 0.709. The minimum Gasteiger partial charge on any atom is -0.289 e. The van der Waals surface area contributed by atoms with Crippen molar-refractivity contribution >= 4 is 38.6 Å². The highest BCUT2D eigenvalue weighted by Crippen LogP contribution is 2.21. The minimum absolute atomic E-state index is 0.228. The number of hydrogen-bond donors (Lipinski definition) is 2. The van der Waals surface area contributed by atoms with Gasteiger partial charge < -0.3 is 0 Å². The molecule has 0 saturated carbocycles. The van der Waals surface area contributed by atoms with Crippen LogP contribution in [0.3, 0.4) is 0 Å². The van der Waals surface area contributed by atoms with Crippen molar-refractivity contribution in [3.05, 3.63) is 52.3 Å². The number of nitrogens with one attached hydrogen (secondary N) is 2. The Morgan fingerprint density at radius 1 is 1.20 bits per heavy atom. The molecule has 0 bridgehead atoms. The Bertz CT molecular complexity index is 797. The fourth-order valence-electron chi connectivity index (χ4n) is 1.93. The van der Waals surface area contributed by atoms with E-state index >= 15 is 0 Å². The zero-order valence-corrected chi connectivity index (χ0v) is 12.2. The maximum Gasteiger partial charge on any atom is 0.258 e. The fraction of sp³-hybridized carbons (Fsp3) is 0.0714. The van der Waals surface area contributed by atoms with Crippen molar-refractivity contribution in [3.63, 3.8) is 0 Å². The Morgan fingerprint density at radius 2 is 1.95 bits per heavy atom. The van der Waals surface area contributed by atoms with Crippen LogP contribution in [0.2, 0.25) is 0 Å². The van der Waals surface area contributed by atoms with Crippen LogP contribution in [0.25, 0.3) is 10.8 Å². The molecule has 1 amide bonds. The number of nitrogens with zero attached hydrogens (tertiary/aromatic N) is 2. The number of amides is 1. The van der Waals surface area contributed by atoms with Gasteiger partial charge in [0.25, 0.3) is 5.91 Å². The van der Waals surface area contributed by atoms with E-state index in [0.717, 1.165) is 15.2 Å². The fourth-order valence-corrected chi connectivity index (χ4v) is 2.31. The van der Waals surface area contributed by atoms with Crippen LogP contribution in [0.15, 0.2) is 40.9 Å². The van der Waals surface area contributed by atoms with Crippen LogP contribution in [0.1, 0.15) is 16.2 Å². The number of aromatic nitrogens is 3. The maximum absolute atomic E-state index is 12.1. The summed E-state index contributed by atoms with van der Waals surface area (Å²) in [7, 11) is 0. The molecular weight excluding hydrogens is 320 g/mol. The van der Waals surface area contributed by atoms with Gasteiger partial charge in [0.15, 0.2) is 0 Å². The molecule has 0 unspecified atom stereocenters. The lowest BCUT2D eigenvalue weighted by Gasteiger charge is -2.04. The molecule has 0 aliphatic heterocycles. The molecule has 6 heteroatoms. The average Bonchev–Trinajstić information content (AvgIpc) is 2.83. The first-order chi connectivity index (χ1) is 9.61. The summed E-state index contributed by atoms with van der Waals surface area (Å²) >= 11 is 3.43. The van der Waals surface area contributed by atoms with E-state index in [0.29, 0.717) is 11.4 Å². The van der Waals surface area contributed by atoms with Gasteiger partial charge in [-0.2, -0.15) is 4.98 Å². The monoisotopic (exact) mass is 330 g/mol. The van der Waals surface area contributed by atoms with E-state index in [4.69, 9.17) is 0 Å². The zero-order chi connectivity index (χ0) is 14.1. The summed E-state index contributed by atoms with van der Waals surface area (Å²) in [5.41, 5.74) is 0.572. The van der Waals surface area contributed by atoms with Crippen LogP contribution in [-0.4, -0.2) is 21.1 Å². The highest BCUT2D eigenvalue weighted by Gasteiger charge is 2.09. The van der Waals surface area contributed by atoms with Crippen molar-refractivity contribution < 1.29 is 4.79 Å². The number of rotatable bonds is 2. The van der Waals surface area contributed by atoms with Gasteiger partial charge in [-0.3, -0.25) is 15.2 Å². The molecule has 5 nitrogen and oxygen atoms in total. The number of benzene rings is 2. The number of carbonyl (C=O) groups is 1. The van der Waals surface area contributed by atoms with Crippen LogP contribution >= 0.6 is 15.9 Å². The predicted molar refractivity (Wildman–Crippen MR) is 80.7 cm³/mol. The van der Waals surface area contributed by atoms with Crippen molar-refractivity contribution in [3.8, 4) is 0 Å². The quantitative estimate of drug-likeness (QED) is 0.757. The number of anilines is 1. The molecule has 0 fully saturated rings. The largest absolute Gasteiger partial charge is 0.289 e. The van der Waals surface area contributed by atoms with Gasteiger partial charge in [-0.1, -0.05) is 28.1 Å². The molecule has 1 heterocycles. The Labute approximate surface area is 123 Å². The average molecular weight is 331 g/mol. The topological polar surface area (TPSA) is 70.7 Å². The number of aryl methyl sites for hydroxylation is 1. The Morgan fingerprint density at radius 3 is 2.70 bits per heavy atom.